The minimum atomic E-state index is 0.301. The highest BCUT2D eigenvalue weighted by Gasteiger charge is 2.04. The zero-order valence-electron chi connectivity index (χ0n) is 13.2. The lowest BCUT2D eigenvalue weighted by molar-refractivity contribution is 0.926. The van der Waals surface area contributed by atoms with E-state index in [4.69, 9.17) is 5.73 Å². The number of rotatable bonds is 4. The zero-order valence-corrected chi connectivity index (χ0v) is 13.2. The van der Waals surface area contributed by atoms with Crippen molar-refractivity contribution in [1.29, 1.82) is 0 Å². The molecule has 0 saturated heterocycles. The van der Waals surface area contributed by atoms with Gasteiger partial charge in [0.25, 0.3) is 0 Å². The first-order valence-electron chi connectivity index (χ1n) is 7.43. The number of anilines is 1. The minimum Gasteiger partial charge on any atom is -0.370 e. The van der Waals surface area contributed by atoms with E-state index >= 15 is 0 Å². The van der Waals surface area contributed by atoms with Crippen molar-refractivity contribution in [2.24, 2.45) is 10.7 Å². The monoisotopic (exact) mass is 309 g/mol. The third kappa shape index (κ3) is 3.63. The smallest absolute Gasteiger partial charge is 0.233 e. The maximum atomic E-state index is 5.89. The molecule has 0 fully saturated rings. The van der Waals surface area contributed by atoms with E-state index in [-0.39, 0.29) is 0 Å². The van der Waals surface area contributed by atoms with Gasteiger partial charge in [0, 0.05) is 23.6 Å². The highest BCUT2D eigenvalue weighted by atomic mass is 15.2. The summed E-state index contributed by atoms with van der Waals surface area (Å²) in [6.07, 6.45) is 2.82. The maximum absolute atomic E-state index is 5.89. The number of nitrogens with one attached hydrogen (secondary N) is 2. The Balaban J connectivity index is 1.63. The molecule has 0 aliphatic heterocycles. The lowest BCUT2D eigenvalue weighted by Crippen LogP contribution is -2.25. The largest absolute Gasteiger partial charge is 0.370 e. The van der Waals surface area contributed by atoms with Gasteiger partial charge in [0.1, 0.15) is 11.6 Å². The summed E-state index contributed by atoms with van der Waals surface area (Å²) < 4.78 is 0. The predicted molar refractivity (Wildman–Crippen MR) is 91.4 cm³/mol. The Kier molecular flexibility index (Phi) is 4.18. The second-order valence-corrected chi connectivity index (χ2v) is 5.25. The van der Waals surface area contributed by atoms with Crippen LogP contribution in [-0.4, -0.2) is 32.4 Å². The molecular formula is C16H19N7. The molecule has 0 aliphatic rings. The van der Waals surface area contributed by atoms with Crippen molar-refractivity contribution in [1.82, 2.24) is 19.9 Å². The number of aromatic nitrogens is 4. The van der Waals surface area contributed by atoms with E-state index in [1.165, 1.54) is 10.9 Å². The molecule has 0 bridgehead atoms. The summed E-state index contributed by atoms with van der Waals surface area (Å²) in [5.74, 6) is 2.01. The normalized spacial score (nSPS) is 11.8. The molecule has 0 atom stereocenters. The lowest BCUT2D eigenvalue weighted by atomic mass is 10.1. The number of aliphatic imine (C=N–C) groups is 1. The van der Waals surface area contributed by atoms with Crippen molar-refractivity contribution in [3.63, 3.8) is 0 Å². The number of nitrogens with two attached hydrogens (primary N) is 1. The number of benzene rings is 1. The molecule has 23 heavy (non-hydrogen) atoms. The maximum Gasteiger partial charge on any atom is 0.233 e. The molecule has 0 spiro atoms. The van der Waals surface area contributed by atoms with E-state index in [1.807, 2.05) is 32.2 Å². The van der Waals surface area contributed by atoms with Crippen LogP contribution >= 0.6 is 0 Å². The fourth-order valence-electron chi connectivity index (χ4n) is 2.46. The van der Waals surface area contributed by atoms with Crippen molar-refractivity contribution >= 4 is 22.8 Å². The summed E-state index contributed by atoms with van der Waals surface area (Å²) in [6.45, 7) is 4.21. The molecule has 2 aromatic heterocycles. The number of H-pyrrole nitrogens is 1. The number of guanidine groups is 1. The van der Waals surface area contributed by atoms with Crippen LogP contribution in [0.3, 0.4) is 0 Å². The van der Waals surface area contributed by atoms with Crippen LogP contribution in [0.5, 0.6) is 0 Å². The molecule has 0 aliphatic carbocycles. The lowest BCUT2D eigenvalue weighted by Gasteiger charge is -2.05. The van der Waals surface area contributed by atoms with E-state index in [0.29, 0.717) is 30.1 Å². The molecule has 0 amide bonds. The van der Waals surface area contributed by atoms with Gasteiger partial charge in [-0.1, -0.05) is 18.2 Å². The van der Waals surface area contributed by atoms with Crippen molar-refractivity contribution in [3.8, 4) is 0 Å². The number of fused-ring (bicyclic) bond motifs is 1. The fraction of sp³-hybridized carbons (Fsp3) is 0.250. The summed E-state index contributed by atoms with van der Waals surface area (Å²) in [4.78, 5) is 20.1. The zero-order chi connectivity index (χ0) is 16.2. The highest BCUT2D eigenvalue weighted by Crippen LogP contribution is 2.17. The van der Waals surface area contributed by atoms with Gasteiger partial charge in [-0.25, -0.2) is 4.98 Å². The van der Waals surface area contributed by atoms with Crippen molar-refractivity contribution in [2.45, 2.75) is 20.3 Å². The fourth-order valence-corrected chi connectivity index (χ4v) is 2.46. The van der Waals surface area contributed by atoms with Crippen LogP contribution in [0.15, 0.2) is 35.5 Å². The number of para-hydroxylation sites is 1. The van der Waals surface area contributed by atoms with Gasteiger partial charge in [0.15, 0.2) is 5.96 Å². The molecule has 3 rings (SSSR count). The first-order valence-corrected chi connectivity index (χ1v) is 7.43. The number of hydrogen-bond acceptors (Lipinski definition) is 4. The molecule has 0 radical (unpaired) electrons. The van der Waals surface area contributed by atoms with Gasteiger partial charge in [-0.15, -0.1) is 0 Å². The quantitative estimate of drug-likeness (QED) is 0.504. The summed E-state index contributed by atoms with van der Waals surface area (Å²) >= 11 is 0. The number of hydrogen-bond donors (Lipinski definition) is 3. The Bertz CT molecular complexity index is 830. The summed E-state index contributed by atoms with van der Waals surface area (Å²) in [6, 6.07) is 8.21. The molecule has 7 nitrogen and oxygen atoms in total. The molecule has 2 heterocycles. The van der Waals surface area contributed by atoms with Crippen LogP contribution in [-0.2, 0) is 6.42 Å². The van der Waals surface area contributed by atoms with Crippen LogP contribution in [0.2, 0.25) is 0 Å². The molecule has 3 aromatic rings. The van der Waals surface area contributed by atoms with E-state index in [0.717, 1.165) is 11.9 Å². The van der Waals surface area contributed by atoms with Gasteiger partial charge < -0.3 is 10.7 Å². The number of aryl methyl sites for hydroxylation is 2. The topological polar surface area (TPSA) is 105 Å². The third-order valence-electron chi connectivity index (χ3n) is 3.44. The average Bonchev–Trinajstić information content (AvgIpc) is 2.90. The number of aromatic amines is 1. The number of nitrogens with zero attached hydrogens (tertiary/aromatic N) is 4. The van der Waals surface area contributed by atoms with E-state index in [2.05, 4.69) is 42.4 Å². The van der Waals surface area contributed by atoms with Gasteiger partial charge in [0.2, 0.25) is 5.95 Å². The first kappa shape index (κ1) is 15.0. The van der Waals surface area contributed by atoms with Gasteiger partial charge in [-0.05, 0) is 31.9 Å². The molecule has 0 unspecified atom stereocenters. The van der Waals surface area contributed by atoms with Gasteiger partial charge >= 0.3 is 0 Å². The van der Waals surface area contributed by atoms with Crippen LogP contribution in [0.25, 0.3) is 10.9 Å². The molecule has 0 saturated carbocycles. The molecule has 4 N–H and O–H groups in total. The Morgan fingerprint density at radius 2 is 1.91 bits per heavy atom. The predicted octanol–water partition coefficient (Wildman–Crippen LogP) is 1.94. The van der Waals surface area contributed by atoms with Crippen molar-refractivity contribution < 1.29 is 0 Å². The second kappa shape index (κ2) is 6.43. The molecular weight excluding hydrogens is 290 g/mol. The van der Waals surface area contributed by atoms with E-state index in [9.17, 15) is 0 Å². The molecule has 7 heteroatoms. The van der Waals surface area contributed by atoms with Crippen molar-refractivity contribution in [2.75, 3.05) is 11.9 Å². The molecule has 1 aromatic carbocycles. The Morgan fingerprint density at radius 1 is 1.17 bits per heavy atom. The Labute approximate surface area is 134 Å². The summed E-state index contributed by atoms with van der Waals surface area (Å²) in [5.41, 5.74) is 8.25. The first-order chi connectivity index (χ1) is 11.1. The SMILES string of the molecule is Cc1nc(C)nc(NC(N)=NCCc2c[nH]c3ccccc23)n1. The van der Waals surface area contributed by atoms with Crippen molar-refractivity contribution in [3.05, 3.63) is 47.7 Å². The van der Waals surface area contributed by atoms with Crippen LogP contribution in [0, 0.1) is 13.8 Å². The van der Waals surface area contributed by atoms with E-state index in [1.54, 1.807) is 0 Å². The van der Waals surface area contributed by atoms with Gasteiger partial charge in [-0.3, -0.25) is 10.3 Å². The third-order valence-corrected chi connectivity index (χ3v) is 3.44. The highest BCUT2D eigenvalue weighted by molar-refractivity contribution is 5.90. The Hall–Kier alpha value is -2.96. The summed E-state index contributed by atoms with van der Waals surface area (Å²) in [7, 11) is 0. The minimum absolute atomic E-state index is 0.301. The Morgan fingerprint density at radius 3 is 2.70 bits per heavy atom. The van der Waals surface area contributed by atoms with Crippen LogP contribution in [0.4, 0.5) is 5.95 Å². The molecule has 118 valence electrons. The van der Waals surface area contributed by atoms with Gasteiger partial charge in [0.05, 0.1) is 0 Å². The van der Waals surface area contributed by atoms with Crippen LogP contribution in [0.1, 0.15) is 17.2 Å². The van der Waals surface area contributed by atoms with E-state index < -0.39 is 0 Å². The second-order valence-electron chi connectivity index (χ2n) is 5.25. The van der Waals surface area contributed by atoms with Gasteiger partial charge in [-0.2, -0.15) is 9.97 Å². The summed E-state index contributed by atoms with van der Waals surface area (Å²) in [5, 5.41) is 4.12. The van der Waals surface area contributed by atoms with Crippen LogP contribution < -0.4 is 11.1 Å². The standard InChI is InChI=1S/C16H19N7/c1-10-20-11(2)22-16(21-10)23-15(17)18-8-7-12-9-19-14-6-4-3-5-13(12)14/h3-6,9,19H,7-8H2,1-2H3,(H3,17,18,20,21,22,23). The average molecular weight is 309 g/mol.